The fourth-order valence-electron chi connectivity index (χ4n) is 1.88. The predicted octanol–water partition coefficient (Wildman–Crippen LogP) is 1.62. The van der Waals surface area contributed by atoms with E-state index in [0.29, 0.717) is 26.5 Å². The fraction of sp³-hybridized carbons (Fsp3) is 0.143. The first kappa shape index (κ1) is 20.9. The third kappa shape index (κ3) is 6.42. The number of non-ortho nitro benzene ring substituents is 1. The number of nitro groups is 2. The standard InChI is InChI=1S/2C7H7BNO4/c1-5-2-6(9(11)12)4-7(3-5)13-8-10;1-5-2-3-6(13-8-10)4-7(5)9(11)12/h2*2-4,10H,1H3. The Morgan fingerprint density at radius 2 is 1.50 bits per heavy atom. The highest BCUT2D eigenvalue weighted by atomic mass is 16.6. The van der Waals surface area contributed by atoms with Crippen molar-refractivity contribution in [3.63, 3.8) is 0 Å². The molecule has 134 valence electrons. The van der Waals surface area contributed by atoms with Crippen LogP contribution in [0.5, 0.6) is 11.5 Å². The number of benzene rings is 2. The van der Waals surface area contributed by atoms with Crippen LogP contribution in [0.3, 0.4) is 0 Å². The molecule has 0 fully saturated rings. The molecule has 2 aromatic rings. The Hall–Kier alpha value is -3.11. The molecule has 0 aromatic heterocycles. The second kappa shape index (κ2) is 10.0. The summed E-state index contributed by atoms with van der Waals surface area (Å²) in [6.07, 6.45) is 0. The van der Waals surface area contributed by atoms with Crippen LogP contribution in [0.25, 0.3) is 0 Å². The Morgan fingerprint density at radius 3 is 2.04 bits per heavy atom. The highest BCUT2D eigenvalue weighted by Gasteiger charge is 2.11. The van der Waals surface area contributed by atoms with Crippen molar-refractivity contribution >= 4 is 26.7 Å². The zero-order chi connectivity index (χ0) is 19.7. The van der Waals surface area contributed by atoms with Gasteiger partial charge in [0.15, 0.2) is 0 Å². The number of nitrogens with zero attached hydrogens (tertiary/aromatic N) is 2. The summed E-state index contributed by atoms with van der Waals surface area (Å²) in [5.74, 6) is 0.481. The van der Waals surface area contributed by atoms with Crippen LogP contribution < -0.4 is 9.31 Å². The van der Waals surface area contributed by atoms with Crippen molar-refractivity contribution in [2.24, 2.45) is 0 Å². The summed E-state index contributed by atoms with van der Waals surface area (Å²) in [5.41, 5.74) is 1.16. The first-order valence-electron chi connectivity index (χ1n) is 7.04. The van der Waals surface area contributed by atoms with Gasteiger partial charge in [-0.2, -0.15) is 0 Å². The highest BCUT2D eigenvalue weighted by molar-refractivity contribution is 6.17. The molecule has 0 saturated carbocycles. The number of rotatable bonds is 6. The minimum atomic E-state index is -0.517. The van der Waals surface area contributed by atoms with Gasteiger partial charge in [-0.05, 0) is 37.6 Å². The molecule has 0 aliphatic rings. The molecule has 0 bridgehead atoms. The van der Waals surface area contributed by atoms with Crippen molar-refractivity contribution in [3.8, 4) is 11.5 Å². The second-order valence-corrected chi connectivity index (χ2v) is 4.91. The second-order valence-electron chi connectivity index (χ2n) is 4.91. The summed E-state index contributed by atoms with van der Waals surface area (Å²) in [7, 11) is 0.965. The zero-order valence-corrected chi connectivity index (χ0v) is 13.9. The van der Waals surface area contributed by atoms with Crippen LogP contribution in [-0.4, -0.2) is 35.3 Å². The van der Waals surface area contributed by atoms with Gasteiger partial charge in [-0.15, -0.1) is 0 Å². The van der Waals surface area contributed by atoms with Gasteiger partial charge >= 0.3 is 15.4 Å². The predicted molar refractivity (Wildman–Crippen MR) is 92.9 cm³/mol. The third-order valence-corrected chi connectivity index (χ3v) is 3.00. The quantitative estimate of drug-likeness (QED) is 0.449. The Balaban J connectivity index is 0.000000260. The van der Waals surface area contributed by atoms with E-state index in [4.69, 9.17) is 10.0 Å². The maximum absolute atomic E-state index is 10.5. The largest absolute Gasteiger partial charge is 0.569 e. The summed E-state index contributed by atoms with van der Waals surface area (Å²) in [4.78, 5) is 19.8. The van der Waals surface area contributed by atoms with Gasteiger partial charge in [0.25, 0.3) is 11.4 Å². The van der Waals surface area contributed by atoms with Crippen LogP contribution in [0.2, 0.25) is 0 Å². The van der Waals surface area contributed by atoms with Crippen molar-refractivity contribution < 1.29 is 29.2 Å². The van der Waals surface area contributed by atoms with E-state index in [-0.39, 0.29) is 22.9 Å². The SMILES string of the molecule is Cc1cc(O[B]O)cc([N+](=O)[O-])c1.Cc1ccc(O[B]O)cc1[N+](=O)[O-]. The number of hydrogen-bond acceptors (Lipinski definition) is 8. The van der Waals surface area contributed by atoms with Crippen LogP contribution in [-0.2, 0) is 0 Å². The molecule has 0 atom stereocenters. The molecule has 0 unspecified atom stereocenters. The van der Waals surface area contributed by atoms with Gasteiger partial charge in [-0.3, -0.25) is 20.2 Å². The summed E-state index contributed by atoms with van der Waals surface area (Å²) >= 11 is 0. The van der Waals surface area contributed by atoms with E-state index in [0.717, 1.165) is 0 Å². The molecule has 0 heterocycles. The van der Waals surface area contributed by atoms with Gasteiger partial charge in [-0.25, -0.2) is 0 Å². The van der Waals surface area contributed by atoms with Crippen molar-refractivity contribution in [1.29, 1.82) is 0 Å². The van der Waals surface area contributed by atoms with E-state index in [9.17, 15) is 20.2 Å². The molecule has 26 heavy (non-hydrogen) atoms. The average molecular weight is 360 g/mol. The molecule has 0 amide bonds. The monoisotopic (exact) mass is 360 g/mol. The summed E-state index contributed by atoms with van der Waals surface area (Å²) in [5, 5.41) is 37.5. The lowest BCUT2D eigenvalue weighted by Crippen LogP contribution is -2.00. The molecular formula is C14H14B2N2O8. The molecular weight excluding hydrogens is 346 g/mol. The first-order chi connectivity index (χ1) is 12.3. The Morgan fingerprint density at radius 1 is 0.885 bits per heavy atom. The van der Waals surface area contributed by atoms with Gasteiger partial charge in [0, 0.05) is 11.6 Å². The Bertz CT molecular complexity index is 788. The highest BCUT2D eigenvalue weighted by Crippen LogP contribution is 2.23. The van der Waals surface area contributed by atoms with E-state index in [2.05, 4.69) is 9.31 Å². The van der Waals surface area contributed by atoms with Crippen LogP contribution in [0.15, 0.2) is 36.4 Å². The smallest absolute Gasteiger partial charge is 0.537 e. The molecule has 10 nitrogen and oxygen atoms in total. The van der Waals surface area contributed by atoms with Crippen molar-refractivity contribution in [2.75, 3.05) is 0 Å². The molecule has 2 aromatic carbocycles. The van der Waals surface area contributed by atoms with E-state index >= 15 is 0 Å². The minimum absolute atomic E-state index is 0.0284. The molecule has 12 heteroatoms. The summed E-state index contributed by atoms with van der Waals surface area (Å²) in [6.45, 7) is 3.34. The van der Waals surface area contributed by atoms with Crippen LogP contribution in [0, 0.1) is 34.1 Å². The molecule has 0 aliphatic carbocycles. The van der Waals surface area contributed by atoms with E-state index in [1.807, 2.05) is 0 Å². The van der Waals surface area contributed by atoms with E-state index in [1.165, 1.54) is 24.3 Å². The molecule has 0 spiro atoms. The lowest BCUT2D eigenvalue weighted by Gasteiger charge is -2.02. The summed E-state index contributed by atoms with van der Waals surface area (Å²) in [6, 6.07) is 8.58. The van der Waals surface area contributed by atoms with Crippen LogP contribution in [0.1, 0.15) is 11.1 Å². The molecule has 2 radical (unpaired) electrons. The number of aryl methyl sites for hydroxylation is 2. The van der Waals surface area contributed by atoms with Gasteiger partial charge in [0.2, 0.25) is 0 Å². The first-order valence-corrected chi connectivity index (χ1v) is 7.04. The lowest BCUT2D eigenvalue weighted by molar-refractivity contribution is -0.385. The Labute approximate surface area is 149 Å². The minimum Gasteiger partial charge on any atom is -0.537 e. The van der Waals surface area contributed by atoms with Gasteiger partial charge in [0.05, 0.1) is 22.0 Å². The number of hydrogen-bond donors (Lipinski definition) is 2. The third-order valence-electron chi connectivity index (χ3n) is 3.00. The zero-order valence-electron chi connectivity index (χ0n) is 13.9. The van der Waals surface area contributed by atoms with Gasteiger partial charge in [-0.1, -0.05) is 0 Å². The van der Waals surface area contributed by atoms with Crippen molar-refractivity contribution in [2.45, 2.75) is 13.8 Å². The maximum atomic E-state index is 10.5. The average Bonchev–Trinajstić information content (AvgIpc) is 2.57. The maximum Gasteiger partial charge on any atom is 0.569 e. The van der Waals surface area contributed by atoms with E-state index < -0.39 is 9.85 Å². The van der Waals surface area contributed by atoms with Gasteiger partial charge in [0.1, 0.15) is 11.5 Å². The summed E-state index contributed by atoms with van der Waals surface area (Å²) < 4.78 is 9.18. The molecule has 2 rings (SSSR count). The lowest BCUT2D eigenvalue weighted by atomic mass is 10.2. The molecule has 0 aliphatic heterocycles. The number of nitro benzene ring substituents is 2. The van der Waals surface area contributed by atoms with Crippen LogP contribution >= 0.6 is 0 Å². The van der Waals surface area contributed by atoms with Crippen molar-refractivity contribution in [1.82, 2.24) is 0 Å². The van der Waals surface area contributed by atoms with Crippen molar-refractivity contribution in [3.05, 3.63) is 67.8 Å². The van der Waals surface area contributed by atoms with Crippen LogP contribution in [0.4, 0.5) is 11.4 Å². The Kier molecular flexibility index (Phi) is 8.06. The van der Waals surface area contributed by atoms with Gasteiger partial charge < -0.3 is 19.4 Å². The van der Waals surface area contributed by atoms with E-state index in [1.54, 1.807) is 26.0 Å². The molecule has 2 N–H and O–H groups in total. The molecule has 0 saturated heterocycles. The normalized spacial score (nSPS) is 9.38. The topological polar surface area (TPSA) is 145 Å². The fourth-order valence-corrected chi connectivity index (χ4v) is 1.88.